The van der Waals surface area contributed by atoms with Crippen LogP contribution in [0.3, 0.4) is 0 Å². The standard InChI is InChI=1S/C12H19N3O3/c1-3-10-9(6-15(2)14-10)11(16)13-7-12(17)4-5-18-8-12/h6,17H,3-5,7-8H2,1-2H3,(H,13,16). The molecule has 0 bridgehead atoms. The van der Waals surface area contributed by atoms with Crippen molar-refractivity contribution in [3.8, 4) is 0 Å². The molecular formula is C12H19N3O3. The average molecular weight is 253 g/mol. The maximum Gasteiger partial charge on any atom is 0.254 e. The summed E-state index contributed by atoms with van der Waals surface area (Å²) in [6.45, 7) is 2.99. The third kappa shape index (κ3) is 2.70. The summed E-state index contributed by atoms with van der Waals surface area (Å²) in [4.78, 5) is 12.0. The van der Waals surface area contributed by atoms with Crippen molar-refractivity contribution in [2.75, 3.05) is 19.8 Å². The summed E-state index contributed by atoms with van der Waals surface area (Å²) in [5.74, 6) is -0.194. The molecule has 0 radical (unpaired) electrons. The van der Waals surface area contributed by atoms with Crippen molar-refractivity contribution in [2.24, 2.45) is 7.05 Å². The van der Waals surface area contributed by atoms with E-state index in [1.54, 1.807) is 17.9 Å². The molecule has 6 heteroatoms. The van der Waals surface area contributed by atoms with Gasteiger partial charge in [-0.3, -0.25) is 9.48 Å². The first-order chi connectivity index (χ1) is 8.54. The van der Waals surface area contributed by atoms with Gasteiger partial charge in [-0.25, -0.2) is 0 Å². The summed E-state index contributed by atoms with van der Waals surface area (Å²) >= 11 is 0. The van der Waals surface area contributed by atoms with E-state index in [1.807, 2.05) is 6.92 Å². The monoisotopic (exact) mass is 253 g/mol. The molecule has 2 N–H and O–H groups in total. The molecule has 0 aromatic carbocycles. The summed E-state index contributed by atoms with van der Waals surface area (Å²) < 4.78 is 6.76. The van der Waals surface area contributed by atoms with E-state index in [9.17, 15) is 9.90 Å². The summed E-state index contributed by atoms with van der Waals surface area (Å²) in [6, 6.07) is 0. The first-order valence-electron chi connectivity index (χ1n) is 6.15. The highest BCUT2D eigenvalue weighted by atomic mass is 16.5. The Hall–Kier alpha value is -1.40. The Labute approximate surface area is 106 Å². The molecular weight excluding hydrogens is 234 g/mol. The fourth-order valence-electron chi connectivity index (χ4n) is 2.06. The lowest BCUT2D eigenvalue weighted by Crippen LogP contribution is -2.43. The third-order valence-corrected chi connectivity index (χ3v) is 3.15. The van der Waals surface area contributed by atoms with E-state index < -0.39 is 5.60 Å². The number of aliphatic hydroxyl groups is 1. The minimum Gasteiger partial charge on any atom is -0.386 e. The fourth-order valence-corrected chi connectivity index (χ4v) is 2.06. The Morgan fingerprint density at radius 1 is 1.72 bits per heavy atom. The van der Waals surface area contributed by atoms with E-state index in [1.165, 1.54) is 0 Å². The van der Waals surface area contributed by atoms with Crippen LogP contribution in [0.5, 0.6) is 0 Å². The molecule has 1 aromatic rings. The van der Waals surface area contributed by atoms with Gasteiger partial charge in [0.15, 0.2) is 0 Å². The predicted octanol–water partition coefficient (Wildman–Crippen LogP) is -0.136. The number of aromatic nitrogens is 2. The zero-order valence-corrected chi connectivity index (χ0v) is 10.8. The molecule has 1 aliphatic rings. The van der Waals surface area contributed by atoms with E-state index in [2.05, 4.69) is 10.4 Å². The molecule has 2 heterocycles. The van der Waals surface area contributed by atoms with Gasteiger partial charge in [-0.1, -0.05) is 6.92 Å². The van der Waals surface area contributed by atoms with E-state index in [0.717, 1.165) is 5.69 Å². The fraction of sp³-hybridized carbons (Fsp3) is 0.667. The van der Waals surface area contributed by atoms with E-state index in [4.69, 9.17) is 4.74 Å². The van der Waals surface area contributed by atoms with Crippen LogP contribution in [-0.2, 0) is 18.2 Å². The van der Waals surface area contributed by atoms with Crippen LogP contribution >= 0.6 is 0 Å². The van der Waals surface area contributed by atoms with Gasteiger partial charge in [-0.2, -0.15) is 5.10 Å². The number of hydrogen-bond acceptors (Lipinski definition) is 4. The van der Waals surface area contributed by atoms with Gasteiger partial charge in [0.05, 0.1) is 17.9 Å². The lowest BCUT2D eigenvalue weighted by molar-refractivity contribution is 0.0264. The maximum absolute atomic E-state index is 12.0. The third-order valence-electron chi connectivity index (χ3n) is 3.15. The highest BCUT2D eigenvalue weighted by Crippen LogP contribution is 2.17. The van der Waals surface area contributed by atoms with Crippen LogP contribution in [0, 0.1) is 0 Å². The predicted molar refractivity (Wildman–Crippen MR) is 65.3 cm³/mol. The second kappa shape index (κ2) is 5.07. The molecule has 0 saturated carbocycles. The van der Waals surface area contributed by atoms with Crippen LogP contribution in [0.2, 0.25) is 0 Å². The van der Waals surface area contributed by atoms with Crippen molar-refractivity contribution in [2.45, 2.75) is 25.4 Å². The van der Waals surface area contributed by atoms with Gasteiger partial charge in [0, 0.05) is 32.8 Å². The lowest BCUT2D eigenvalue weighted by Gasteiger charge is -2.20. The Kier molecular flexibility index (Phi) is 3.68. The van der Waals surface area contributed by atoms with Crippen LogP contribution in [0.4, 0.5) is 0 Å². The van der Waals surface area contributed by atoms with Gasteiger partial charge in [-0.05, 0) is 6.42 Å². The number of nitrogens with zero attached hydrogens (tertiary/aromatic N) is 2. The van der Waals surface area contributed by atoms with E-state index in [-0.39, 0.29) is 19.1 Å². The Balaban J connectivity index is 1.99. The number of carbonyl (C=O) groups is 1. The Morgan fingerprint density at radius 2 is 2.50 bits per heavy atom. The molecule has 6 nitrogen and oxygen atoms in total. The second-order valence-electron chi connectivity index (χ2n) is 4.73. The number of ether oxygens (including phenoxy) is 1. The van der Waals surface area contributed by atoms with Crippen molar-refractivity contribution in [3.05, 3.63) is 17.5 Å². The molecule has 1 saturated heterocycles. The number of carbonyl (C=O) groups excluding carboxylic acids is 1. The number of nitrogens with one attached hydrogen (secondary N) is 1. The van der Waals surface area contributed by atoms with Gasteiger partial charge < -0.3 is 15.2 Å². The van der Waals surface area contributed by atoms with Crippen molar-refractivity contribution >= 4 is 5.91 Å². The molecule has 1 aliphatic heterocycles. The molecule has 1 atom stereocenters. The molecule has 1 aromatic heterocycles. The normalized spacial score (nSPS) is 23.3. The molecule has 0 aliphatic carbocycles. The quantitative estimate of drug-likeness (QED) is 0.783. The van der Waals surface area contributed by atoms with E-state index in [0.29, 0.717) is 25.0 Å². The number of aryl methyl sites for hydroxylation is 2. The van der Waals surface area contributed by atoms with E-state index >= 15 is 0 Å². The summed E-state index contributed by atoms with van der Waals surface area (Å²) in [5.41, 5.74) is 0.414. The minimum atomic E-state index is -0.926. The topological polar surface area (TPSA) is 76.4 Å². The summed E-state index contributed by atoms with van der Waals surface area (Å²) in [6.07, 6.45) is 2.96. The minimum absolute atomic E-state index is 0.194. The van der Waals surface area contributed by atoms with Crippen molar-refractivity contribution in [1.29, 1.82) is 0 Å². The zero-order chi connectivity index (χ0) is 13.2. The molecule has 100 valence electrons. The highest BCUT2D eigenvalue weighted by molar-refractivity contribution is 5.95. The van der Waals surface area contributed by atoms with Gasteiger partial charge >= 0.3 is 0 Å². The molecule has 1 unspecified atom stereocenters. The van der Waals surface area contributed by atoms with Gasteiger partial charge in [0.1, 0.15) is 5.60 Å². The van der Waals surface area contributed by atoms with Crippen LogP contribution in [-0.4, -0.2) is 46.2 Å². The van der Waals surface area contributed by atoms with Crippen LogP contribution < -0.4 is 5.32 Å². The van der Waals surface area contributed by atoms with Crippen molar-refractivity contribution in [3.63, 3.8) is 0 Å². The summed E-state index contributed by atoms with van der Waals surface area (Å²) in [7, 11) is 1.79. The number of rotatable bonds is 4. The first-order valence-corrected chi connectivity index (χ1v) is 6.15. The Morgan fingerprint density at radius 3 is 3.11 bits per heavy atom. The van der Waals surface area contributed by atoms with Crippen LogP contribution in [0.1, 0.15) is 29.4 Å². The lowest BCUT2D eigenvalue weighted by atomic mass is 10.0. The first kappa shape index (κ1) is 13.0. The molecule has 2 rings (SSSR count). The zero-order valence-electron chi connectivity index (χ0n) is 10.8. The molecule has 1 fully saturated rings. The van der Waals surface area contributed by atoms with Crippen molar-refractivity contribution < 1.29 is 14.6 Å². The SMILES string of the molecule is CCc1nn(C)cc1C(=O)NCC1(O)CCOC1. The largest absolute Gasteiger partial charge is 0.386 e. The average Bonchev–Trinajstić information content (AvgIpc) is 2.93. The van der Waals surface area contributed by atoms with Crippen molar-refractivity contribution in [1.82, 2.24) is 15.1 Å². The molecule has 1 amide bonds. The Bertz CT molecular complexity index is 436. The van der Waals surface area contributed by atoms with Gasteiger partial charge in [-0.15, -0.1) is 0 Å². The second-order valence-corrected chi connectivity index (χ2v) is 4.73. The maximum atomic E-state index is 12.0. The molecule has 18 heavy (non-hydrogen) atoms. The summed E-state index contributed by atoms with van der Waals surface area (Å²) in [5, 5.41) is 17.0. The van der Waals surface area contributed by atoms with Gasteiger partial charge in [0.25, 0.3) is 5.91 Å². The smallest absolute Gasteiger partial charge is 0.254 e. The van der Waals surface area contributed by atoms with Gasteiger partial charge in [0.2, 0.25) is 0 Å². The molecule has 0 spiro atoms. The number of hydrogen-bond donors (Lipinski definition) is 2. The van der Waals surface area contributed by atoms with Crippen LogP contribution in [0.15, 0.2) is 6.20 Å². The van der Waals surface area contributed by atoms with Crippen LogP contribution in [0.25, 0.3) is 0 Å². The highest BCUT2D eigenvalue weighted by Gasteiger charge is 2.32. The number of amides is 1.